The number of unbranched alkanes of at least 4 members (excludes halogenated alkanes) is 1. The number of ether oxygens (including phenoxy) is 2. The molecule has 1 aromatic rings. The summed E-state index contributed by atoms with van der Waals surface area (Å²) in [4.78, 5) is 0. The fraction of sp³-hybridized carbons (Fsp3) is 0.500. The van der Waals surface area contributed by atoms with E-state index in [0.717, 1.165) is 24.9 Å². The lowest BCUT2D eigenvalue weighted by Gasteiger charge is -2.15. The van der Waals surface area contributed by atoms with E-state index in [4.69, 9.17) is 21.7 Å². The lowest BCUT2D eigenvalue weighted by atomic mass is 10.2. The summed E-state index contributed by atoms with van der Waals surface area (Å²) in [6.07, 6.45) is 3.92. The van der Waals surface area contributed by atoms with Crippen molar-refractivity contribution in [3.05, 3.63) is 23.8 Å². The Kier molecular flexibility index (Phi) is 8.28. The Labute approximate surface area is 138 Å². The summed E-state index contributed by atoms with van der Waals surface area (Å²) in [5.74, 6) is 1.36. The lowest BCUT2D eigenvalue weighted by Crippen LogP contribution is -2.32. The van der Waals surface area contributed by atoms with Gasteiger partial charge in [-0.25, -0.2) is 0 Å². The van der Waals surface area contributed by atoms with Crippen LogP contribution < -0.4 is 20.2 Å². The van der Waals surface area contributed by atoms with Crippen molar-refractivity contribution in [2.24, 2.45) is 5.10 Å². The van der Waals surface area contributed by atoms with Gasteiger partial charge in [0.05, 0.1) is 19.4 Å². The van der Waals surface area contributed by atoms with Gasteiger partial charge >= 0.3 is 0 Å². The molecule has 0 unspecified atom stereocenters. The third-order valence-corrected chi connectivity index (χ3v) is 3.00. The molecule has 0 saturated heterocycles. The summed E-state index contributed by atoms with van der Waals surface area (Å²) >= 11 is 5.14. The molecule has 0 aromatic heterocycles. The molecule has 0 radical (unpaired) electrons. The normalized spacial score (nSPS) is 10.8. The van der Waals surface area contributed by atoms with E-state index in [9.17, 15) is 0 Å². The molecule has 0 fully saturated rings. The molecule has 0 saturated carbocycles. The van der Waals surface area contributed by atoms with Crippen LogP contribution in [0.1, 0.15) is 39.2 Å². The van der Waals surface area contributed by atoms with Gasteiger partial charge in [-0.15, -0.1) is 0 Å². The minimum atomic E-state index is 0.0493. The Hall–Kier alpha value is -1.82. The third kappa shape index (κ3) is 6.30. The largest absolute Gasteiger partial charge is 0.493 e. The Morgan fingerprint density at radius 1 is 1.41 bits per heavy atom. The Morgan fingerprint density at radius 3 is 2.82 bits per heavy atom. The van der Waals surface area contributed by atoms with Gasteiger partial charge in [0, 0.05) is 12.1 Å². The molecule has 0 bridgehead atoms. The van der Waals surface area contributed by atoms with E-state index in [1.165, 1.54) is 0 Å². The molecule has 0 amide bonds. The summed E-state index contributed by atoms with van der Waals surface area (Å²) in [6.45, 7) is 6.92. The van der Waals surface area contributed by atoms with Crippen LogP contribution in [0.2, 0.25) is 0 Å². The second kappa shape index (κ2) is 10.00. The van der Waals surface area contributed by atoms with Gasteiger partial charge < -0.3 is 14.8 Å². The molecule has 22 heavy (non-hydrogen) atoms. The highest BCUT2D eigenvalue weighted by Gasteiger charge is 2.10. The van der Waals surface area contributed by atoms with Gasteiger partial charge in [0.2, 0.25) is 0 Å². The fourth-order valence-corrected chi connectivity index (χ4v) is 1.89. The van der Waals surface area contributed by atoms with Crippen LogP contribution in [0.25, 0.3) is 0 Å². The zero-order valence-electron chi connectivity index (χ0n) is 13.7. The van der Waals surface area contributed by atoms with E-state index in [1.54, 1.807) is 13.3 Å². The maximum Gasteiger partial charge on any atom is 0.186 e. The zero-order chi connectivity index (χ0) is 16.4. The smallest absolute Gasteiger partial charge is 0.186 e. The van der Waals surface area contributed by atoms with Gasteiger partial charge in [-0.05, 0) is 44.6 Å². The number of hydrogen-bond acceptors (Lipinski definition) is 4. The van der Waals surface area contributed by atoms with Crippen molar-refractivity contribution in [3.8, 4) is 11.5 Å². The van der Waals surface area contributed by atoms with Gasteiger partial charge in [0.15, 0.2) is 16.6 Å². The van der Waals surface area contributed by atoms with Crippen molar-refractivity contribution < 1.29 is 9.47 Å². The summed E-state index contributed by atoms with van der Waals surface area (Å²) in [7, 11) is 1.62. The first kappa shape index (κ1) is 18.2. The van der Waals surface area contributed by atoms with Gasteiger partial charge in [0.1, 0.15) is 0 Å². The second-order valence-electron chi connectivity index (χ2n) is 5.02. The highest BCUT2D eigenvalue weighted by Crippen LogP contribution is 2.30. The van der Waals surface area contributed by atoms with E-state index < -0.39 is 0 Å². The first-order chi connectivity index (χ1) is 10.6. The zero-order valence-corrected chi connectivity index (χ0v) is 14.5. The number of nitrogens with zero attached hydrogens (tertiary/aromatic N) is 1. The van der Waals surface area contributed by atoms with Crippen LogP contribution in [0.3, 0.4) is 0 Å². The number of methoxy groups -OCH3 is 1. The number of rotatable bonds is 8. The minimum absolute atomic E-state index is 0.0493. The minimum Gasteiger partial charge on any atom is -0.493 e. The highest BCUT2D eigenvalue weighted by molar-refractivity contribution is 7.80. The molecule has 0 aliphatic carbocycles. The van der Waals surface area contributed by atoms with Crippen LogP contribution >= 0.6 is 12.2 Å². The van der Waals surface area contributed by atoms with Crippen LogP contribution in [0.4, 0.5) is 0 Å². The van der Waals surface area contributed by atoms with Crippen LogP contribution in [-0.4, -0.2) is 31.1 Å². The molecule has 6 heteroatoms. The highest BCUT2D eigenvalue weighted by atomic mass is 32.1. The van der Waals surface area contributed by atoms with Gasteiger partial charge in [-0.2, -0.15) is 5.10 Å². The molecule has 0 aliphatic heterocycles. The third-order valence-electron chi connectivity index (χ3n) is 2.77. The fourth-order valence-electron chi connectivity index (χ4n) is 1.74. The predicted molar refractivity (Wildman–Crippen MR) is 95.0 cm³/mol. The van der Waals surface area contributed by atoms with E-state index in [0.29, 0.717) is 16.6 Å². The van der Waals surface area contributed by atoms with E-state index >= 15 is 0 Å². The van der Waals surface area contributed by atoms with E-state index in [1.807, 2.05) is 32.0 Å². The van der Waals surface area contributed by atoms with Crippen LogP contribution in [-0.2, 0) is 0 Å². The molecule has 0 aliphatic rings. The van der Waals surface area contributed by atoms with Crippen molar-refractivity contribution >= 4 is 23.5 Å². The van der Waals surface area contributed by atoms with Gasteiger partial charge in [-0.3, -0.25) is 5.43 Å². The molecule has 0 heterocycles. The van der Waals surface area contributed by atoms with Crippen molar-refractivity contribution in [1.82, 2.24) is 10.7 Å². The molecule has 2 N–H and O–H groups in total. The standard InChI is InChI=1S/C16H25N3O2S/c1-5-6-10-17-16(22)19-18-11-13-8-7-9-14(20-4)15(13)21-12(2)3/h7-9,11-12H,5-6,10H2,1-4H3,(H2,17,19,22)/b18-11-. The van der Waals surface area contributed by atoms with Crippen molar-refractivity contribution in [1.29, 1.82) is 0 Å². The predicted octanol–water partition coefficient (Wildman–Crippen LogP) is 3.08. The number of para-hydroxylation sites is 1. The number of nitrogens with one attached hydrogen (secondary N) is 2. The molecule has 122 valence electrons. The van der Waals surface area contributed by atoms with Gasteiger partial charge in [-0.1, -0.05) is 19.4 Å². The Bertz CT molecular complexity index is 504. The van der Waals surface area contributed by atoms with Crippen molar-refractivity contribution in [2.75, 3.05) is 13.7 Å². The number of thiocarbonyl (C=S) groups is 1. The summed E-state index contributed by atoms with van der Waals surface area (Å²) in [5, 5.41) is 7.75. The average molecular weight is 323 g/mol. The topological polar surface area (TPSA) is 54.9 Å². The lowest BCUT2D eigenvalue weighted by molar-refractivity contribution is 0.230. The quantitative estimate of drug-likeness (QED) is 0.333. The molecule has 1 aromatic carbocycles. The second-order valence-corrected chi connectivity index (χ2v) is 5.43. The van der Waals surface area contributed by atoms with E-state index in [2.05, 4.69) is 22.8 Å². The van der Waals surface area contributed by atoms with Crippen LogP contribution in [0.15, 0.2) is 23.3 Å². The Morgan fingerprint density at radius 2 is 2.18 bits per heavy atom. The maximum atomic E-state index is 5.81. The van der Waals surface area contributed by atoms with Crippen LogP contribution in [0, 0.1) is 0 Å². The van der Waals surface area contributed by atoms with Crippen molar-refractivity contribution in [3.63, 3.8) is 0 Å². The first-order valence-corrected chi connectivity index (χ1v) is 7.89. The molecule has 0 atom stereocenters. The number of hydrogen-bond donors (Lipinski definition) is 2. The summed E-state index contributed by atoms with van der Waals surface area (Å²) in [6, 6.07) is 5.67. The Balaban J connectivity index is 2.71. The van der Waals surface area contributed by atoms with E-state index in [-0.39, 0.29) is 6.10 Å². The average Bonchev–Trinajstić information content (AvgIpc) is 2.48. The molecule has 5 nitrogen and oxygen atoms in total. The van der Waals surface area contributed by atoms with Crippen molar-refractivity contribution in [2.45, 2.75) is 39.7 Å². The molecular formula is C16H25N3O2S. The SMILES string of the molecule is CCCCNC(=S)N/N=C\c1cccc(OC)c1OC(C)C. The molecule has 1 rings (SSSR count). The molecular weight excluding hydrogens is 298 g/mol. The molecule has 0 spiro atoms. The van der Waals surface area contributed by atoms with Crippen LogP contribution in [0.5, 0.6) is 11.5 Å². The monoisotopic (exact) mass is 323 g/mol. The summed E-state index contributed by atoms with van der Waals surface area (Å²) < 4.78 is 11.1. The van der Waals surface area contributed by atoms with Gasteiger partial charge in [0.25, 0.3) is 0 Å². The number of hydrazone groups is 1. The number of benzene rings is 1. The first-order valence-electron chi connectivity index (χ1n) is 7.49. The summed E-state index contributed by atoms with van der Waals surface area (Å²) in [5.41, 5.74) is 3.63. The maximum absolute atomic E-state index is 5.81.